The predicted molar refractivity (Wildman–Crippen MR) is 174 cm³/mol. The molecule has 0 aromatic heterocycles. The second-order valence-corrected chi connectivity index (χ2v) is 13.4. The SMILES string of the molecule is CC(=O)c1ccc(N2C(=O)C3CC=C4C(CC5C(=O)N(c6ccc(F)c(Cl)c6)C(=O)C5(C)C4c4ccccc4OCCO)C3C2=O)cc1. The molecule has 6 unspecified atom stereocenters. The minimum atomic E-state index is -1.35. The van der Waals surface area contributed by atoms with Gasteiger partial charge in [-0.25, -0.2) is 9.29 Å². The van der Waals surface area contributed by atoms with Gasteiger partial charge in [-0.05, 0) is 81.1 Å². The van der Waals surface area contributed by atoms with Crippen molar-refractivity contribution in [3.63, 3.8) is 0 Å². The number of aliphatic hydroxyl groups excluding tert-OH is 1. The molecule has 2 saturated heterocycles. The molecule has 0 spiro atoms. The maximum Gasteiger partial charge on any atom is 0.241 e. The number of Topliss-reactive ketones (excluding diaryl/α,β-unsaturated/α-hetero) is 1. The summed E-state index contributed by atoms with van der Waals surface area (Å²) in [5.41, 5.74) is 0.980. The predicted octanol–water partition coefficient (Wildman–Crippen LogP) is 5.49. The van der Waals surface area contributed by atoms with Crippen LogP contribution < -0.4 is 14.5 Å². The lowest BCUT2D eigenvalue weighted by Crippen LogP contribution is -2.49. The van der Waals surface area contributed by atoms with E-state index in [0.717, 1.165) is 16.5 Å². The van der Waals surface area contributed by atoms with E-state index < -0.39 is 58.5 Å². The zero-order valence-electron chi connectivity index (χ0n) is 26.2. The van der Waals surface area contributed by atoms with Crippen LogP contribution in [0.5, 0.6) is 5.75 Å². The van der Waals surface area contributed by atoms with Crippen LogP contribution in [0.3, 0.4) is 0 Å². The molecular formula is C37H32ClFN2O7. The number of nitrogens with zero attached hydrogens (tertiary/aromatic N) is 2. The maximum atomic E-state index is 14.6. The molecule has 0 radical (unpaired) electrons. The number of fused-ring (bicyclic) bond motifs is 4. The first-order valence-corrected chi connectivity index (χ1v) is 16.2. The summed E-state index contributed by atoms with van der Waals surface area (Å²) in [4.78, 5) is 71.2. The number of para-hydroxylation sites is 1. The van der Waals surface area contributed by atoms with E-state index in [1.165, 1.54) is 24.0 Å². The number of carbonyl (C=O) groups is 5. The van der Waals surface area contributed by atoms with Crippen molar-refractivity contribution < 1.29 is 38.2 Å². The summed E-state index contributed by atoms with van der Waals surface area (Å²) >= 11 is 6.09. The second kappa shape index (κ2) is 11.8. The molecule has 1 N–H and O–H groups in total. The van der Waals surface area contributed by atoms with E-state index in [4.69, 9.17) is 16.3 Å². The summed E-state index contributed by atoms with van der Waals surface area (Å²) in [7, 11) is 0. The van der Waals surface area contributed by atoms with Crippen LogP contribution in [0.25, 0.3) is 0 Å². The molecule has 4 aliphatic rings. The Balaban J connectivity index is 1.35. The van der Waals surface area contributed by atoms with Gasteiger partial charge in [-0.2, -0.15) is 0 Å². The Bertz CT molecular complexity index is 1930. The van der Waals surface area contributed by atoms with Crippen LogP contribution in [0.1, 0.15) is 48.5 Å². The molecule has 3 fully saturated rings. The molecule has 2 aliphatic carbocycles. The number of carbonyl (C=O) groups excluding carboxylic acids is 5. The fourth-order valence-electron chi connectivity index (χ4n) is 8.34. The van der Waals surface area contributed by atoms with Gasteiger partial charge in [0.05, 0.1) is 46.2 Å². The number of ether oxygens (including phenoxy) is 1. The standard InChI is InChI=1S/C37H32ClFN2O7/c1-19(43)20-7-9-21(10-8-20)40-33(44)25-13-12-23-26(31(25)35(40)46)18-27-34(45)41(22-11-14-29(39)28(38)17-22)36(47)37(27,2)32(23)24-5-3-4-6-30(24)48-16-15-42/h3-12,14,17,25-27,31-32,42H,13,15-16,18H2,1-2H3. The number of benzene rings is 3. The van der Waals surface area contributed by atoms with Gasteiger partial charge in [0.1, 0.15) is 18.2 Å². The van der Waals surface area contributed by atoms with Crippen LogP contribution in [0, 0.1) is 34.9 Å². The zero-order chi connectivity index (χ0) is 34.1. The zero-order valence-corrected chi connectivity index (χ0v) is 26.9. The molecule has 2 aliphatic heterocycles. The number of allylic oxidation sites excluding steroid dienone is 2. The van der Waals surface area contributed by atoms with E-state index in [0.29, 0.717) is 22.6 Å². The Morgan fingerprint density at radius 1 is 0.958 bits per heavy atom. The third-order valence-electron chi connectivity index (χ3n) is 10.5. The van der Waals surface area contributed by atoms with Gasteiger partial charge in [0.15, 0.2) is 5.78 Å². The molecule has 1 saturated carbocycles. The lowest BCUT2D eigenvalue weighted by molar-refractivity contribution is -0.131. The number of hydrogen-bond donors (Lipinski definition) is 1. The van der Waals surface area contributed by atoms with Gasteiger partial charge < -0.3 is 9.84 Å². The number of rotatable bonds is 7. The Labute approximate surface area is 280 Å². The number of imide groups is 2. The van der Waals surface area contributed by atoms with Crippen molar-refractivity contribution in [2.75, 3.05) is 23.0 Å². The van der Waals surface area contributed by atoms with E-state index in [1.807, 2.05) is 12.1 Å². The average molecular weight is 671 g/mol. The first-order chi connectivity index (χ1) is 23.0. The molecule has 6 atom stereocenters. The third kappa shape index (κ3) is 4.64. The normalized spacial score (nSPS) is 27.9. The first kappa shape index (κ1) is 31.9. The van der Waals surface area contributed by atoms with E-state index in [1.54, 1.807) is 49.4 Å². The lowest BCUT2D eigenvalue weighted by atomic mass is 9.51. The Morgan fingerprint density at radius 2 is 1.67 bits per heavy atom. The van der Waals surface area contributed by atoms with E-state index in [2.05, 4.69) is 0 Å². The van der Waals surface area contributed by atoms with Crippen molar-refractivity contribution in [2.24, 2.45) is 29.1 Å². The van der Waals surface area contributed by atoms with Gasteiger partial charge in [0.25, 0.3) is 0 Å². The summed E-state index contributed by atoms with van der Waals surface area (Å²) in [5.74, 6) is -5.84. The highest BCUT2D eigenvalue weighted by atomic mass is 35.5. The van der Waals surface area contributed by atoms with Gasteiger partial charge in [-0.3, -0.25) is 28.9 Å². The van der Waals surface area contributed by atoms with Crippen molar-refractivity contribution in [1.82, 2.24) is 0 Å². The van der Waals surface area contributed by atoms with Gasteiger partial charge >= 0.3 is 0 Å². The molecule has 4 amide bonds. The number of anilines is 2. The van der Waals surface area contributed by atoms with Crippen LogP contribution in [-0.2, 0) is 19.2 Å². The second-order valence-electron chi connectivity index (χ2n) is 13.0. The molecule has 9 nitrogen and oxygen atoms in total. The molecule has 3 aromatic carbocycles. The number of aliphatic hydroxyl groups is 1. The average Bonchev–Trinajstić information content (AvgIpc) is 3.44. The minimum absolute atomic E-state index is 0.00546. The molecule has 3 aromatic rings. The summed E-state index contributed by atoms with van der Waals surface area (Å²) in [6.45, 7) is 2.92. The van der Waals surface area contributed by atoms with E-state index >= 15 is 0 Å². The van der Waals surface area contributed by atoms with Crippen molar-refractivity contribution in [3.05, 3.63) is 100 Å². The lowest BCUT2D eigenvalue weighted by Gasteiger charge is -2.49. The fraction of sp³-hybridized carbons (Fsp3) is 0.324. The number of halogens is 2. The van der Waals surface area contributed by atoms with Crippen LogP contribution in [-0.4, -0.2) is 47.7 Å². The summed E-state index contributed by atoms with van der Waals surface area (Å²) in [6.07, 6.45) is 2.31. The molecule has 246 valence electrons. The van der Waals surface area contributed by atoms with Crippen LogP contribution in [0.15, 0.2) is 78.4 Å². The van der Waals surface area contributed by atoms with Gasteiger partial charge in [-0.15, -0.1) is 0 Å². The highest BCUT2D eigenvalue weighted by Crippen LogP contribution is 2.64. The number of ketones is 1. The fourth-order valence-corrected chi connectivity index (χ4v) is 8.51. The molecular weight excluding hydrogens is 639 g/mol. The number of amides is 4. The van der Waals surface area contributed by atoms with Crippen molar-refractivity contribution in [2.45, 2.75) is 32.6 Å². The monoisotopic (exact) mass is 670 g/mol. The van der Waals surface area contributed by atoms with Crippen LogP contribution in [0.4, 0.5) is 15.8 Å². The van der Waals surface area contributed by atoms with E-state index in [-0.39, 0.29) is 48.5 Å². The molecule has 2 heterocycles. The Morgan fingerprint density at radius 3 is 2.35 bits per heavy atom. The summed E-state index contributed by atoms with van der Waals surface area (Å²) < 4.78 is 20.1. The first-order valence-electron chi connectivity index (χ1n) is 15.8. The quantitative estimate of drug-likeness (QED) is 0.201. The van der Waals surface area contributed by atoms with Gasteiger partial charge in [-0.1, -0.05) is 41.4 Å². The molecule has 48 heavy (non-hydrogen) atoms. The molecule has 0 bridgehead atoms. The van der Waals surface area contributed by atoms with E-state index in [9.17, 15) is 33.5 Å². The third-order valence-corrected chi connectivity index (χ3v) is 10.8. The van der Waals surface area contributed by atoms with Crippen molar-refractivity contribution in [1.29, 1.82) is 0 Å². The molecule has 11 heteroatoms. The number of hydrogen-bond acceptors (Lipinski definition) is 7. The highest BCUT2D eigenvalue weighted by Gasteiger charge is 2.68. The highest BCUT2D eigenvalue weighted by molar-refractivity contribution is 6.32. The summed E-state index contributed by atoms with van der Waals surface area (Å²) in [6, 6.07) is 17.1. The topological polar surface area (TPSA) is 121 Å². The largest absolute Gasteiger partial charge is 0.491 e. The van der Waals surface area contributed by atoms with Crippen LogP contribution in [0.2, 0.25) is 5.02 Å². The van der Waals surface area contributed by atoms with Crippen molar-refractivity contribution in [3.8, 4) is 5.75 Å². The molecule has 7 rings (SSSR count). The maximum absolute atomic E-state index is 14.6. The Kier molecular flexibility index (Phi) is 7.83. The van der Waals surface area contributed by atoms with Crippen molar-refractivity contribution >= 4 is 52.4 Å². The smallest absolute Gasteiger partial charge is 0.241 e. The van der Waals surface area contributed by atoms with Gasteiger partial charge in [0, 0.05) is 17.0 Å². The van der Waals surface area contributed by atoms with Gasteiger partial charge in [0.2, 0.25) is 23.6 Å². The van der Waals surface area contributed by atoms with Crippen LogP contribution >= 0.6 is 11.6 Å². The summed E-state index contributed by atoms with van der Waals surface area (Å²) in [5, 5.41) is 9.31. The Hall–Kier alpha value is -4.67. The minimum Gasteiger partial charge on any atom is -0.491 e.